The fourth-order valence-corrected chi connectivity index (χ4v) is 4.23. The van der Waals surface area contributed by atoms with Gasteiger partial charge in [0, 0.05) is 42.1 Å². The lowest BCUT2D eigenvalue weighted by Gasteiger charge is -2.26. The molecule has 1 aliphatic heterocycles. The highest BCUT2D eigenvalue weighted by atomic mass is 32.2. The van der Waals surface area contributed by atoms with Gasteiger partial charge in [0.25, 0.3) is 5.78 Å². The molecule has 3 aromatic rings. The number of aryl methyl sites for hydroxylation is 2. The summed E-state index contributed by atoms with van der Waals surface area (Å²) in [5, 5.41) is 8.07. The molecule has 0 aliphatic carbocycles. The van der Waals surface area contributed by atoms with Crippen LogP contribution < -0.4 is 5.32 Å². The SMILES string of the molecule is CSc1nc2nc(C)c(CC(=O)Nc3cccc(CN4CCCCC4=O)c3)c(C)n2n1. The van der Waals surface area contributed by atoms with Crippen LogP contribution in [0, 0.1) is 13.8 Å². The fraction of sp³-hybridized carbons (Fsp3) is 0.409. The van der Waals surface area contributed by atoms with Crippen LogP contribution in [-0.2, 0) is 22.6 Å². The Hall–Kier alpha value is -2.94. The first-order chi connectivity index (χ1) is 14.9. The van der Waals surface area contributed by atoms with Crippen LogP contribution >= 0.6 is 11.8 Å². The van der Waals surface area contributed by atoms with Crippen molar-refractivity contribution in [2.24, 2.45) is 0 Å². The summed E-state index contributed by atoms with van der Waals surface area (Å²) in [6.45, 7) is 5.19. The third-order valence-electron chi connectivity index (χ3n) is 5.55. The molecule has 0 unspecified atom stereocenters. The average molecular weight is 439 g/mol. The minimum absolute atomic E-state index is 0.122. The molecule has 1 saturated heterocycles. The van der Waals surface area contributed by atoms with Crippen LogP contribution in [0.5, 0.6) is 0 Å². The van der Waals surface area contributed by atoms with Gasteiger partial charge in [-0.05, 0) is 50.6 Å². The van der Waals surface area contributed by atoms with Crippen molar-refractivity contribution in [3.8, 4) is 0 Å². The maximum atomic E-state index is 12.8. The number of piperidine rings is 1. The topological polar surface area (TPSA) is 92.5 Å². The number of rotatable bonds is 6. The standard InChI is InChI=1S/C22H26N6O2S/c1-14-18(15(2)28-21(23-14)25-22(26-28)31-3)12-19(29)24-17-8-6-7-16(11-17)13-27-10-5-4-9-20(27)30/h6-8,11H,4-5,9-10,12-13H2,1-3H3,(H,24,29). The molecule has 0 spiro atoms. The van der Waals surface area contributed by atoms with Crippen molar-refractivity contribution in [1.82, 2.24) is 24.5 Å². The maximum absolute atomic E-state index is 12.8. The zero-order chi connectivity index (χ0) is 22.0. The number of carbonyl (C=O) groups excluding carboxylic acids is 2. The van der Waals surface area contributed by atoms with E-state index in [0.717, 1.165) is 47.6 Å². The molecule has 0 radical (unpaired) electrons. The second-order valence-electron chi connectivity index (χ2n) is 7.77. The Kier molecular flexibility index (Phi) is 6.22. The Balaban J connectivity index is 1.47. The average Bonchev–Trinajstić information content (AvgIpc) is 3.16. The van der Waals surface area contributed by atoms with Gasteiger partial charge in [-0.3, -0.25) is 9.59 Å². The number of nitrogens with one attached hydrogen (secondary N) is 1. The van der Waals surface area contributed by atoms with E-state index in [-0.39, 0.29) is 18.2 Å². The van der Waals surface area contributed by atoms with Gasteiger partial charge in [0.05, 0.1) is 6.42 Å². The first-order valence-electron chi connectivity index (χ1n) is 10.4. The summed E-state index contributed by atoms with van der Waals surface area (Å²) in [7, 11) is 0. The number of likely N-dealkylation sites (tertiary alicyclic amines) is 1. The lowest BCUT2D eigenvalue weighted by atomic mass is 10.1. The van der Waals surface area contributed by atoms with Crippen LogP contribution in [0.15, 0.2) is 29.4 Å². The Morgan fingerprint density at radius 1 is 1.23 bits per heavy atom. The summed E-state index contributed by atoms with van der Waals surface area (Å²) in [6.07, 6.45) is 4.75. The van der Waals surface area contributed by atoms with E-state index < -0.39 is 0 Å². The summed E-state index contributed by atoms with van der Waals surface area (Å²) >= 11 is 1.46. The largest absolute Gasteiger partial charge is 0.338 e. The van der Waals surface area contributed by atoms with Crippen LogP contribution in [0.3, 0.4) is 0 Å². The summed E-state index contributed by atoms with van der Waals surface area (Å²) in [5.41, 5.74) is 4.22. The molecule has 9 heteroatoms. The number of carbonyl (C=O) groups is 2. The van der Waals surface area contributed by atoms with E-state index in [1.165, 1.54) is 11.8 Å². The molecule has 3 heterocycles. The van der Waals surface area contributed by atoms with Crippen LogP contribution in [0.1, 0.15) is 41.8 Å². The summed E-state index contributed by atoms with van der Waals surface area (Å²) in [5.74, 6) is 0.625. The number of hydrogen-bond acceptors (Lipinski definition) is 6. The molecule has 2 aromatic heterocycles. The summed E-state index contributed by atoms with van der Waals surface area (Å²) in [6, 6.07) is 7.69. The number of amides is 2. The third kappa shape index (κ3) is 4.71. The van der Waals surface area contributed by atoms with E-state index in [1.54, 1.807) is 4.52 Å². The van der Waals surface area contributed by atoms with Crippen molar-refractivity contribution < 1.29 is 9.59 Å². The van der Waals surface area contributed by atoms with E-state index in [4.69, 9.17) is 0 Å². The normalized spacial score (nSPS) is 14.3. The van der Waals surface area contributed by atoms with Crippen molar-refractivity contribution in [2.45, 2.75) is 51.2 Å². The van der Waals surface area contributed by atoms with Gasteiger partial charge in [0.2, 0.25) is 17.0 Å². The lowest BCUT2D eigenvalue weighted by Crippen LogP contribution is -2.34. The van der Waals surface area contributed by atoms with Crippen LogP contribution in [-0.4, -0.2) is 49.1 Å². The van der Waals surface area contributed by atoms with Gasteiger partial charge < -0.3 is 10.2 Å². The number of hydrogen-bond donors (Lipinski definition) is 1. The molecular formula is C22H26N6O2S. The van der Waals surface area contributed by atoms with E-state index in [2.05, 4.69) is 20.4 Å². The maximum Gasteiger partial charge on any atom is 0.253 e. The second kappa shape index (κ2) is 9.05. The number of aromatic nitrogens is 4. The van der Waals surface area contributed by atoms with Gasteiger partial charge in [-0.15, -0.1) is 5.10 Å². The minimum atomic E-state index is -0.122. The number of thioether (sulfide) groups is 1. The Morgan fingerprint density at radius 3 is 2.84 bits per heavy atom. The Bertz CT molecular complexity index is 1140. The van der Waals surface area contributed by atoms with Crippen LogP contribution in [0.2, 0.25) is 0 Å². The van der Waals surface area contributed by atoms with E-state index in [1.807, 2.05) is 49.3 Å². The summed E-state index contributed by atoms with van der Waals surface area (Å²) < 4.78 is 1.69. The molecule has 0 atom stereocenters. The van der Waals surface area contributed by atoms with Crippen molar-refractivity contribution in [2.75, 3.05) is 18.1 Å². The monoisotopic (exact) mass is 438 g/mol. The van der Waals surface area contributed by atoms with E-state index in [0.29, 0.717) is 23.9 Å². The Labute approximate surface area is 185 Å². The molecule has 31 heavy (non-hydrogen) atoms. The molecule has 1 fully saturated rings. The molecule has 1 aromatic carbocycles. The molecule has 0 saturated carbocycles. The van der Waals surface area contributed by atoms with Gasteiger partial charge in [-0.1, -0.05) is 23.9 Å². The molecule has 4 rings (SSSR count). The summed E-state index contributed by atoms with van der Waals surface area (Å²) in [4.78, 5) is 35.6. The lowest BCUT2D eigenvalue weighted by molar-refractivity contribution is -0.133. The number of benzene rings is 1. The third-order valence-corrected chi connectivity index (χ3v) is 6.09. The first-order valence-corrected chi connectivity index (χ1v) is 11.6. The highest BCUT2D eigenvalue weighted by Crippen LogP contribution is 2.20. The predicted octanol–water partition coefficient (Wildman–Crippen LogP) is 3.16. The number of anilines is 1. The minimum Gasteiger partial charge on any atom is -0.338 e. The second-order valence-corrected chi connectivity index (χ2v) is 8.54. The van der Waals surface area contributed by atoms with Crippen molar-refractivity contribution in [3.05, 3.63) is 46.8 Å². The van der Waals surface area contributed by atoms with Gasteiger partial charge in [-0.25, -0.2) is 9.50 Å². The first kappa shape index (κ1) is 21.3. The smallest absolute Gasteiger partial charge is 0.253 e. The molecule has 162 valence electrons. The zero-order valence-electron chi connectivity index (χ0n) is 18.0. The molecular weight excluding hydrogens is 412 g/mol. The highest BCUT2D eigenvalue weighted by Gasteiger charge is 2.19. The van der Waals surface area contributed by atoms with Crippen LogP contribution in [0.4, 0.5) is 5.69 Å². The fourth-order valence-electron chi connectivity index (χ4n) is 3.89. The van der Waals surface area contributed by atoms with Crippen molar-refractivity contribution in [1.29, 1.82) is 0 Å². The number of nitrogens with zero attached hydrogens (tertiary/aromatic N) is 5. The van der Waals surface area contributed by atoms with Gasteiger partial charge in [0.1, 0.15) is 0 Å². The molecule has 8 nitrogen and oxygen atoms in total. The highest BCUT2D eigenvalue weighted by molar-refractivity contribution is 7.98. The zero-order valence-corrected chi connectivity index (χ0v) is 18.8. The van der Waals surface area contributed by atoms with Crippen LogP contribution in [0.25, 0.3) is 5.78 Å². The molecule has 2 amide bonds. The van der Waals surface area contributed by atoms with E-state index in [9.17, 15) is 9.59 Å². The molecule has 1 aliphatic rings. The molecule has 0 bridgehead atoms. The van der Waals surface area contributed by atoms with Crippen molar-refractivity contribution >= 4 is 35.0 Å². The molecule has 1 N–H and O–H groups in total. The predicted molar refractivity (Wildman–Crippen MR) is 120 cm³/mol. The van der Waals surface area contributed by atoms with Gasteiger partial charge >= 0.3 is 0 Å². The Morgan fingerprint density at radius 2 is 2.06 bits per heavy atom. The van der Waals surface area contributed by atoms with Gasteiger partial charge in [0.15, 0.2) is 0 Å². The van der Waals surface area contributed by atoms with E-state index >= 15 is 0 Å². The quantitative estimate of drug-likeness (QED) is 0.595. The number of fused-ring (bicyclic) bond motifs is 1. The van der Waals surface area contributed by atoms with Gasteiger partial charge in [-0.2, -0.15) is 4.98 Å². The van der Waals surface area contributed by atoms with Crippen molar-refractivity contribution in [3.63, 3.8) is 0 Å².